The Bertz CT molecular complexity index is 671. The second-order valence-corrected chi connectivity index (χ2v) is 5.78. The monoisotopic (exact) mass is 332 g/mol. The van der Waals surface area contributed by atoms with E-state index in [2.05, 4.69) is 10.6 Å². The van der Waals surface area contributed by atoms with E-state index in [9.17, 15) is 4.79 Å². The molecular weight excluding hydrogens is 316 g/mol. The van der Waals surface area contributed by atoms with Crippen molar-refractivity contribution in [2.75, 3.05) is 5.32 Å². The lowest BCUT2D eigenvalue weighted by atomic mass is 10.1. The van der Waals surface area contributed by atoms with Gasteiger partial charge >= 0.3 is 0 Å². The van der Waals surface area contributed by atoms with Crippen molar-refractivity contribution in [3.63, 3.8) is 0 Å². The van der Waals surface area contributed by atoms with E-state index >= 15 is 0 Å². The van der Waals surface area contributed by atoms with E-state index in [0.29, 0.717) is 23.0 Å². The molecule has 114 valence electrons. The van der Waals surface area contributed by atoms with Gasteiger partial charge < -0.3 is 10.6 Å². The Kier molecular flexibility index (Phi) is 5.92. The summed E-state index contributed by atoms with van der Waals surface area (Å²) in [6, 6.07) is 15.3. The summed E-state index contributed by atoms with van der Waals surface area (Å²) >= 11 is 11.2. The predicted molar refractivity (Wildman–Crippen MR) is 95.3 cm³/mol. The molecule has 5 heteroatoms. The van der Waals surface area contributed by atoms with Crippen LogP contribution in [-0.4, -0.2) is 11.0 Å². The lowest BCUT2D eigenvalue weighted by Gasteiger charge is -2.10. The average molecular weight is 333 g/mol. The molecule has 0 heterocycles. The third-order valence-corrected chi connectivity index (χ3v) is 3.71. The zero-order valence-corrected chi connectivity index (χ0v) is 13.8. The van der Waals surface area contributed by atoms with Gasteiger partial charge in [0.2, 0.25) is 5.91 Å². The molecule has 0 aliphatic rings. The van der Waals surface area contributed by atoms with Gasteiger partial charge in [-0.1, -0.05) is 47.5 Å². The topological polar surface area (TPSA) is 41.1 Å². The van der Waals surface area contributed by atoms with Crippen molar-refractivity contribution in [2.24, 2.45) is 0 Å². The summed E-state index contributed by atoms with van der Waals surface area (Å²) in [5.74, 6) is -0.135. The van der Waals surface area contributed by atoms with Crippen LogP contribution < -0.4 is 10.6 Å². The minimum Gasteiger partial charge on any atom is -0.332 e. The van der Waals surface area contributed by atoms with E-state index in [1.807, 2.05) is 55.5 Å². The molecule has 0 radical (unpaired) electrons. The Hall–Kier alpha value is -1.91. The summed E-state index contributed by atoms with van der Waals surface area (Å²) < 4.78 is 0. The van der Waals surface area contributed by atoms with Gasteiger partial charge in [0.25, 0.3) is 0 Å². The number of aryl methyl sites for hydroxylation is 2. The number of hydrogen-bond acceptors (Lipinski definition) is 2. The van der Waals surface area contributed by atoms with Gasteiger partial charge in [0.15, 0.2) is 5.11 Å². The SMILES string of the molecule is Cc1ccc(NC(=S)NC(=O)CCc2ccccc2Cl)cc1. The molecule has 2 aromatic carbocycles. The Morgan fingerprint density at radius 1 is 1.14 bits per heavy atom. The molecule has 3 nitrogen and oxygen atoms in total. The van der Waals surface area contributed by atoms with Gasteiger partial charge in [0.05, 0.1) is 0 Å². The van der Waals surface area contributed by atoms with Crippen LogP contribution in [0.25, 0.3) is 0 Å². The largest absolute Gasteiger partial charge is 0.332 e. The smallest absolute Gasteiger partial charge is 0.226 e. The van der Waals surface area contributed by atoms with Crippen molar-refractivity contribution in [1.29, 1.82) is 0 Å². The summed E-state index contributed by atoms with van der Waals surface area (Å²) in [5, 5.41) is 6.63. The van der Waals surface area contributed by atoms with Crippen LogP contribution >= 0.6 is 23.8 Å². The fraction of sp³-hybridized carbons (Fsp3) is 0.176. The van der Waals surface area contributed by atoms with Crippen LogP contribution in [-0.2, 0) is 11.2 Å². The minimum absolute atomic E-state index is 0.135. The predicted octanol–water partition coefficient (Wildman–Crippen LogP) is 4.09. The summed E-state index contributed by atoms with van der Waals surface area (Å²) in [4.78, 5) is 11.9. The number of thiocarbonyl (C=S) groups is 1. The molecule has 0 aliphatic heterocycles. The normalized spacial score (nSPS) is 10.1. The Balaban J connectivity index is 1.80. The molecule has 0 aliphatic carbocycles. The molecule has 2 N–H and O–H groups in total. The molecule has 2 aromatic rings. The number of halogens is 1. The molecule has 0 atom stereocenters. The molecule has 2 rings (SSSR count). The lowest BCUT2D eigenvalue weighted by molar-refractivity contribution is -0.119. The summed E-state index contributed by atoms with van der Waals surface area (Å²) in [6.07, 6.45) is 0.915. The number of carbonyl (C=O) groups excluding carboxylic acids is 1. The molecule has 0 bridgehead atoms. The van der Waals surface area contributed by atoms with E-state index in [1.54, 1.807) is 0 Å². The van der Waals surface area contributed by atoms with Crippen molar-refractivity contribution in [2.45, 2.75) is 19.8 Å². The number of carbonyl (C=O) groups is 1. The second-order valence-electron chi connectivity index (χ2n) is 4.96. The lowest BCUT2D eigenvalue weighted by Crippen LogP contribution is -2.34. The maximum Gasteiger partial charge on any atom is 0.226 e. The van der Waals surface area contributed by atoms with Crippen molar-refractivity contribution in [3.05, 3.63) is 64.7 Å². The number of amides is 1. The first kappa shape index (κ1) is 16.5. The van der Waals surface area contributed by atoms with Crippen LogP contribution in [0, 0.1) is 6.92 Å². The standard InChI is InChI=1S/C17H17ClN2OS/c1-12-6-9-14(10-7-12)19-17(22)20-16(21)11-8-13-4-2-3-5-15(13)18/h2-7,9-10H,8,11H2,1H3,(H2,19,20,21,22). The second kappa shape index (κ2) is 7.92. The van der Waals surface area contributed by atoms with Crippen LogP contribution in [0.2, 0.25) is 5.02 Å². The molecule has 0 saturated heterocycles. The molecule has 0 unspecified atom stereocenters. The summed E-state index contributed by atoms with van der Waals surface area (Å²) in [7, 11) is 0. The number of hydrogen-bond donors (Lipinski definition) is 2. The van der Waals surface area contributed by atoms with E-state index in [-0.39, 0.29) is 5.91 Å². The maximum absolute atomic E-state index is 11.9. The highest BCUT2D eigenvalue weighted by molar-refractivity contribution is 7.80. The van der Waals surface area contributed by atoms with E-state index in [0.717, 1.165) is 11.3 Å². The molecule has 22 heavy (non-hydrogen) atoms. The summed E-state index contributed by atoms with van der Waals surface area (Å²) in [6.45, 7) is 2.01. The zero-order chi connectivity index (χ0) is 15.9. The molecule has 0 aromatic heterocycles. The first-order valence-electron chi connectivity index (χ1n) is 6.95. The third kappa shape index (κ3) is 5.13. The fourth-order valence-electron chi connectivity index (χ4n) is 1.94. The first-order chi connectivity index (χ1) is 10.5. The zero-order valence-electron chi connectivity index (χ0n) is 12.2. The van der Waals surface area contributed by atoms with Gasteiger partial charge in [-0.2, -0.15) is 0 Å². The van der Waals surface area contributed by atoms with Crippen LogP contribution in [0.4, 0.5) is 5.69 Å². The van der Waals surface area contributed by atoms with Gasteiger partial charge in [0.1, 0.15) is 0 Å². The molecule has 0 spiro atoms. The van der Waals surface area contributed by atoms with E-state index < -0.39 is 0 Å². The van der Waals surface area contributed by atoms with Crippen molar-refractivity contribution in [3.8, 4) is 0 Å². The minimum atomic E-state index is -0.135. The number of nitrogens with one attached hydrogen (secondary N) is 2. The Morgan fingerprint density at radius 3 is 2.50 bits per heavy atom. The quantitative estimate of drug-likeness (QED) is 0.828. The van der Waals surface area contributed by atoms with Crippen LogP contribution in [0.3, 0.4) is 0 Å². The summed E-state index contributed by atoms with van der Waals surface area (Å²) in [5.41, 5.74) is 2.97. The van der Waals surface area contributed by atoms with Gasteiger partial charge in [-0.25, -0.2) is 0 Å². The fourth-order valence-corrected chi connectivity index (χ4v) is 2.40. The third-order valence-electron chi connectivity index (χ3n) is 3.14. The van der Waals surface area contributed by atoms with Crippen LogP contribution in [0.15, 0.2) is 48.5 Å². The van der Waals surface area contributed by atoms with Gasteiger partial charge in [-0.3, -0.25) is 4.79 Å². The molecule has 0 saturated carbocycles. The highest BCUT2D eigenvalue weighted by Gasteiger charge is 2.07. The number of anilines is 1. The Labute approximate surface area is 140 Å². The van der Waals surface area contributed by atoms with E-state index in [1.165, 1.54) is 5.56 Å². The Morgan fingerprint density at radius 2 is 1.82 bits per heavy atom. The van der Waals surface area contributed by atoms with Gasteiger partial charge in [0, 0.05) is 17.1 Å². The highest BCUT2D eigenvalue weighted by atomic mass is 35.5. The van der Waals surface area contributed by atoms with Crippen molar-refractivity contribution in [1.82, 2.24) is 5.32 Å². The van der Waals surface area contributed by atoms with Crippen LogP contribution in [0.1, 0.15) is 17.5 Å². The first-order valence-corrected chi connectivity index (χ1v) is 7.74. The van der Waals surface area contributed by atoms with Gasteiger partial charge in [-0.05, 0) is 49.3 Å². The maximum atomic E-state index is 11.9. The van der Waals surface area contributed by atoms with Crippen molar-refractivity contribution >= 4 is 40.5 Å². The van der Waals surface area contributed by atoms with Crippen LogP contribution in [0.5, 0.6) is 0 Å². The highest BCUT2D eigenvalue weighted by Crippen LogP contribution is 2.16. The molecule has 1 amide bonds. The van der Waals surface area contributed by atoms with E-state index in [4.69, 9.17) is 23.8 Å². The van der Waals surface area contributed by atoms with Gasteiger partial charge in [-0.15, -0.1) is 0 Å². The average Bonchev–Trinajstić information content (AvgIpc) is 2.49. The molecule has 0 fully saturated rings. The van der Waals surface area contributed by atoms with Crippen molar-refractivity contribution < 1.29 is 4.79 Å². The molecular formula is C17H17ClN2OS. The number of benzene rings is 2. The number of rotatable bonds is 4.